The normalized spacial score (nSPS) is 10.8. The number of benzene rings is 2. The Hall–Kier alpha value is -2.37. The van der Waals surface area contributed by atoms with Gasteiger partial charge in [0.1, 0.15) is 18.1 Å². The first kappa shape index (κ1) is 19.9. The molecule has 2 aromatic carbocycles. The molecule has 9 heteroatoms. The molecular formula is C17H12Cl3N3O3. The Morgan fingerprint density at radius 3 is 2.46 bits per heavy atom. The maximum atomic E-state index is 11.7. The first-order valence-electron chi connectivity index (χ1n) is 7.16. The van der Waals surface area contributed by atoms with Crippen molar-refractivity contribution < 1.29 is 14.3 Å². The van der Waals surface area contributed by atoms with Crippen LogP contribution >= 0.6 is 34.8 Å². The van der Waals surface area contributed by atoms with Crippen LogP contribution in [0.3, 0.4) is 0 Å². The average molecular weight is 413 g/mol. The summed E-state index contributed by atoms with van der Waals surface area (Å²) in [4.78, 5) is 14.3. The first-order chi connectivity index (χ1) is 12.4. The molecule has 6 nitrogen and oxygen atoms in total. The van der Waals surface area contributed by atoms with E-state index in [0.29, 0.717) is 16.3 Å². The standard InChI is InChI=1S/C17H12Cl3N3O3/c1-25-17(24)15(22-23-21)7-11-6-13(19)14(20)8-16(11)26-9-10-2-4-12(18)5-3-10/h2-8H,9H2,1H3/b15-7+. The van der Waals surface area contributed by atoms with Gasteiger partial charge < -0.3 is 9.47 Å². The number of hydrogen-bond donors (Lipinski definition) is 0. The molecule has 2 rings (SSSR count). The van der Waals surface area contributed by atoms with Gasteiger partial charge in [0.2, 0.25) is 0 Å². The third-order valence-electron chi connectivity index (χ3n) is 3.20. The second-order valence-corrected chi connectivity index (χ2v) is 6.18. The predicted octanol–water partition coefficient (Wildman–Crippen LogP) is 6.05. The van der Waals surface area contributed by atoms with Gasteiger partial charge in [0.05, 0.1) is 17.2 Å². The smallest absolute Gasteiger partial charge is 0.340 e. The Balaban J connectivity index is 2.38. The molecule has 0 fully saturated rings. The van der Waals surface area contributed by atoms with Crippen molar-refractivity contribution in [1.82, 2.24) is 0 Å². The number of rotatable bonds is 6. The molecular weight excluding hydrogens is 401 g/mol. The van der Waals surface area contributed by atoms with E-state index in [1.165, 1.54) is 25.3 Å². The fraction of sp³-hybridized carbons (Fsp3) is 0.118. The van der Waals surface area contributed by atoms with Crippen molar-refractivity contribution in [2.24, 2.45) is 5.11 Å². The molecule has 134 valence electrons. The van der Waals surface area contributed by atoms with Crippen LogP contribution in [-0.2, 0) is 16.1 Å². The Morgan fingerprint density at radius 2 is 1.85 bits per heavy atom. The molecule has 0 bridgehead atoms. The van der Waals surface area contributed by atoms with Crippen LogP contribution in [0.15, 0.2) is 47.2 Å². The molecule has 0 unspecified atom stereocenters. The Morgan fingerprint density at radius 1 is 1.19 bits per heavy atom. The van der Waals surface area contributed by atoms with E-state index >= 15 is 0 Å². The second kappa shape index (κ2) is 9.36. The van der Waals surface area contributed by atoms with E-state index in [1.54, 1.807) is 12.1 Å². The van der Waals surface area contributed by atoms with Crippen molar-refractivity contribution in [3.05, 3.63) is 78.7 Å². The summed E-state index contributed by atoms with van der Waals surface area (Å²) in [6.07, 6.45) is 1.31. The van der Waals surface area contributed by atoms with Gasteiger partial charge in [0, 0.05) is 21.6 Å². The minimum Gasteiger partial charge on any atom is -0.488 e. The van der Waals surface area contributed by atoms with E-state index in [9.17, 15) is 4.79 Å². The van der Waals surface area contributed by atoms with Crippen LogP contribution in [0, 0.1) is 0 Å². The second-order valence-electron chi connectivity index (χ2n) is 4.93. The lowest BCUT2D eigenvalue weighted by molar-refractivity contribution is -0.136. The zero-order chi connectivity index (χ0) is 19.1. The Bertz CT molecular complexity index is 892. The molecule has 0 aliphatic heterocycles. The Kier molecular flexibility index (Phi) is 7.18. The van der Waals surface area contributed by atoms with Crippen LogP contribution in [0.4, 0.5) is 0 Å². The molecule has 0 saturated heterocycles. The molecule has 0 atom stereocenters. The molecule has 0 aliphatic carbocycles. The summed E-state index contributed by atoms with van der Waals surface area (Å²) < 4.78 is 10.4. The predicted molar refractivity (Wildman–Crippen MR) is 101 cm³/mol. The minimum absolute atomic E-state index is 0.227. The lowest BCUT2D eigenvalue weighted by Crippen LogP contribution is -2.03. The van der Waals surface area contributed by atoms with E-state index in [-0.39, 0.29) is 22.3 Å². The molecule has 0 radical (unpaired) electrons. The first-order valence-corrected chi connectivity index (χ1v) is 8.29. The van der Waals surface area contributed by atoms with Gasteiger partial charge in [-0.1, -0.05) is 52.0 Å². The van der Waals surface area contributed by atoms with Crippen LogP contribution in [0.5, 0.6) is 5.75 Å². The van der Waals surface area contributed by atoms with Gasteiger partial charge in [0.25, 0.3) is 0 Å². The molecule has 2 aromatic rings. The lowest BCUT2D eigenvalue weighted by Gasteiger charge is -2.12. The summed E-state index contributed by atoms with van der Waals surface area (Å²) in [5.41, 5.74) is 9.65. The highest BCUT2D eigenvalue weighted by Crippen LogP contribution is 2.33. The van der Waals surface area contributed by atoms with Gasteiger partial charge in [-0.3, -0.25) is 0 Å². The number of methoxy groups -OCH3 is 1. The molecule has 0 N–H and O–H groups in total. The number of hydrogen-bond acceptors (Lipinski definition) is 4. The molecule has 0 heterocycles. The molecule has 0 spiro atoms. The van der Waals surface area contributed by atoms with E-state index < -0.39 is 5.97 Å². The zero-order valence-corrected chi connectivity index (χ0v) is 15.7. The van der Waals surface area contributed by atoms with E-state index in [2.05, 4.69) is 14.8 Å². The number of ether oxygens (including phenoxy) is 2. The topological polar surface area (TPSA) is 84.3 Å². The van der Waals surface area contributed by atoms with Crippen LogP contribution in [0.1, 0.15) is 11.1 Å². The van der Waals surface area contributed by atoms with Crippen LogP contribution in [0.25, 0.3) is 16.5 Å². The summed E-state index contributed by atoms with van der Waals surface area (Å²) in [5, 5.41) is 4.48. The maximum Gasteiger partial charge on any atom is 0.340 e. The van der Waals surface area contributed by atoms with E-state index in [0.717, 1.165) is 5.56 Å². The van der Waals surface area contributed by atoms with Gasteiger partial charge in [-0.15, -0.1) is 0 Å². The third-order valence-corrected chi connectivity index (χ3v) is 4.17. The molecule has 0 amide bonds. The van der Waals surface area contributed by atoms with E-state index in [4.69, 9.17) is 45.1 Å². The monoisotopic (exact) mass is 411 g/mol. The van der Waals surface area contributed by atoms with Gasteiger partial charge in [0.15, 0.2) is 0 Å². The summed E-state index contributed by atoms with van der Waals surface area (Å²) in [6, 6.07) is 10.1. The summed E-state index contributed by atoms with van der Waals surface area (Å²) in [7, 11) is 1.18. The van der Waals surface area contributed by atoms with Crippen molar-refractivity contribution in [2.45, 2.75) is 6.61 Å². The fourth-order valence-electron chi connectivity index (χ4n) is 1.95. The van der Waals surface area contributed by atoms with Gasteiger partial charge in [-0.2, -0.15) is 0 Å². The lowest BCUT2D eigenvalue weighted by atomic mass is 10.1. The van der Waals surface area contributed by atoms with Gasteiger partial charge in [-0.25, -0.2) is 4.79 Å². The van der Waals surface area contributed by atoms with Crippen LogP contribution in [-0.4, -0.2) is 13.1 Å². The van der Waals surface area contributed by atoms with Crippen molar-refractivity contribution in [2.75, 3.05) is 7.11 Å². The number of carbonyl (C=O) groups excluding carboxylic acids is 1. The number of nitrogens with zero attached hydrogens (tertiary/aromatic N) is 3. The minimum atomic E-state index is -0.794. The highest BCUT2D eigenvalue weighted by atomic mass is 35.5. The van der Waals surface area contributed by atoms with Crippen LogP contribution < -0.4 is 4.74 Å². The number of carbonyl (C=O) groups is 1. The van der Waals surface area contributed by atoms with Gasteiger partial charge in [-0.05, 0) is 35.4 Å². The van der Waals surface area contributed by atoms with Crippen molar-refractivity contribution in [1.29, 1.82) is 0 Å². The number of halogens is 3. The largest absolute Gasteiger partial charge is 0.488 e. The molecule has 26 heavy (non-hydrogen) atoms. The summed E-state index contributed by atoms with van der Waals surface area (Å²) >= 11 is 18.0. The summed E-state index contributed by atoms with van der Waals surface area (Å²) in [5.74, 6) is -0.443. The SMILES string of the molecule is COC(=O)/C(=C\c1cc(Cl)c(Cl)cc1OCc1ccc(Cl)cc1)N=[N+]=[N-]. The van der Waals surface area contributed by atoms with Crippen LogP contribution in [0.2, 0.25) is 15.1 Å². The maximum absolute atomic E-state index is 11.7. The molecule has 0 aliphatic rings. The molecule has 0 saturated carbocycles. The average Bonchev–Trinajstić information content (AvgIpc) is 2.63. The van der Waals surface area contributed by atoms with E-state index in [1.807, 2.05) is 12.1 Å². The third kappa shape index (κ3) is 5.31. The zero-order valence-electron chi connectivity index (χ0n) is 13.4. The highest BCUT2D eigenvalue weighted by molar-refractivity contribution is 6.42. The van der Waals surface area contributed by atoms with Crippen molar-refractivity contribution in [3.8, 4) is 5.75 Å². The van der Waals surface area contributed by atoms with Crippen molar-refractivity contribution >= 4 is 46.8 Å². The van der Waals surface area contributed by atoms with Gasteiger partial charge >= 0.3 is 5.97 Å². The fourth-order valence-corrected chi connectivity index (χ4v) is 2.40. The highest BCUT2D eigenvalue weighted by Gasteiger charge is 2.13. The number of esters is 1. The quantitative estimate of drug-likeness (QED) is 0.190. The summed E-state index contributed by atoms with van der Waals surface area (Å²) in [6.45, 7) is 0.227. The van der Waals surface area contributed by atoms with Crippen molar-refractivity contribution in [3.63, 3.8) is 0 Å². The molecule has 0 aromatic heterocycles. The number of azide groups is 1. The Labute approximate surface area is 164 Å².